The Morgan fingerprint density at radius 3 is 1.80 bits per heavy atom. The molecule has 0 unspecified atom stereocenters. The Balaban J connectivity index is 4.34. The predicted molar refractivity (Wildman–Crippen MR) is 56.8 cm³/mol. The van der Waals surface area contributed by atoms with Crippen LogP contribution in [0.25, 0.3) is 0 Å². The summed E-state index contributed by atoms with van der Waals surface area (Å²) in [5, 5.41) is 0. The summed E-state index contributed by atoms with van der Waals surface area (Å²) in [7, 11) is 0. The minimum Gasteiger partial charge on any atom is -0.290 e. The van der Waals surface area contributed by atoms with Crippen molar-refractivity contribution >= 4 is 0 Å². The molecule has 0 aliphatic heterocycles. The lowest BCUT2D eigenvalue weighted by molar-refractivity contribution is -0.156. The van der Waals surface area contributed by atoms with E-state index in [1.807, 2.05) is 34.6 Å². The average molecular weight is 225 g/mol. The van der Waals surface area contributed by atoms with Crippen molar-refractivity contribution in [1.82, 2.24) is 4.90 Å². The first kappa shape index (κ1) is 14.8. The van der Waals surface area contributed by atoms with E-state index in [9.17, 15) is 13.2 Å². The molecule has 0 N–H and O–H groups in total. The molecule has 0 spiro atoms. The minimum atomic E-state index is -4.11. The van der Waals surface area contributed by atoms with Crippen LogP contribution in [0, 0.1) is 5.92 Å². The Labute approximate surface area is 90.6 Å². The summed E-state index contributed by atoms with van der Waals surface area (Å²) >= 11 is 0. The number of hydrogen-bond donors (Lipinski definition) is 0. The van der Waals surface area contributed by atoms with Gasteiger partial charge in [-0.1, -0.05) is 13.8 Å². The molecule has 0 aliphatic carbocycles. The standard InChI is InChI=1S/C11H22F3N/c1-9(2)6-7-15(10(3,4)5)8-11(12,13)14/h9H,6-8H2,1-5H3. The van der Waals surface area contributed by atoms with Crippen LogP contribution in [0.5, 0.6) is 0 Å². The highest BCUT2D eigenvalue weighted by Crippen LogP contribution is 2.23. The zero-order valence-corrected chi connectivity index (χ0v) is 10.3. The van der Waals surface area contributed by atoms with E-state index in [4.69, 9.17) is 0 Å². The topological polar surface area (TPSA) is 3.24 Å². The van der Waals surface area contributed by atoms with Gasteiger partial charge in [0.15, 0.2) is 0 Å². The van der Waals surface area contributed by atoms with Crippen molar-refractivity contribution in [2.75, 3.05) is 13.1 Å². The van der Waals surface area contributed by atoms with Crippen molar-refractivity contribution in [3.05, 3.63) is 0 Å². The van der Waals surface area contributed by atoms with Gasteiger partial charge in [0.05, 0.1) is 6.54 Å². The lowest BCUT2D eigenvalue weighted by Crippen LogP contribution is -2.47. The average Bonchev–Trinajstić information content (AvgIpc) is 1.93. The van der Waals surface area contributed by atoms with Crippen LogP contribution in [0.2, 0.25) is 0 Å². The molecule has 0 saturated carbocycles. The molecule has 4 heteroatoms. The molecule has 0 aromatic rings. The van der Waals surface area contributed by atoms with E-state index in [0.29, 0.717) is 12.5 Å². The second-order valence-electron chi connectivity index (χ2n) is 5.39. The van der Waals surface area contributed by atoms with E-state index in [1.165, 1.54) is 4.90 Å². The van der Waals surface area contributed by atoms with Crippen LogP contribution in [-0.4, -0.2) is 29.7 Å². The molecule has 1 nitrogen and oxygen atoms in total. The summed E-state index contributed by atoms with van der Waals surface area (Å²) in [6.07, 6.45) is -3.31. The van der Waals surface area contributed by atoms with Gasteiger partial charge in [-0.25, -0.2) is 0 Å². The molecule has 0 heterocycles. The number of alkyl halides is 3. The zero-order chi connectivity index (χ0) is 12.3. The van der Waals surface area contributed by atoms with Crippen LogP contribution in [0.1, 0.15) is 41.0 Å². The maximum Gasteiger partial charge on any atom is 0.401 e. The third kappa shape index (κ3) is 7.65. The normalized spacial score (nSPS) is 14.0. The highest BCUT2D eigenvalue weighted by atomic mass is 19.4. The molecule has 0 atom stereocenters. The molecule has 0 radical (unpaired) electrons. The predicted octanol–water partition coefficient (Wildman–Crippen LogP) is 3.70. The molecule has 0 aromatic carbocycles. The van der Waals surface area contributed by atoms with Crippen LogP contribution in [0.4, 0.5) is 13.2 Å². The highest BCUT2D eigenvalue weighted by Gasteiger charge is 2.34. The molecule has 0 saturated heterocycles. The molecule has 15 heavy (non-hydrogen) atoms. The van der Waals surface area contributed by atoms with Gasteiger partial charge in [-0.3, -0.25) is 4.90 Å². The summed E-state index contributed by atoms with van der Waals surface area (Å²) in [6.45, 7) is 9.18. The zero-order valence-electron chi connectivity index (χ0n) is 10.3. The molecule has 0 bridgehead atoms. The van der Waals surface area contributed by atoms with Gasteiger partial charge in [0.25, 0.3) is 0 Å². The smallest absolute Gasteiger partial charge is 0.290 e. The lowest BCUT2D eigenvalue weighted by atomic mass is 10.0. The first-order valence-electron chi connectivity index (χ1n) is 5.34. The highest BCUT2D eigenvalue weighted by molar-refractivity contribution is 4.78. The van der Waals surface area contributed by atoms with E-state index in [1.54, 1.807) is 0 Å². The molecular formula is C11H22F3N. The minimum absolute atomic E-state index is 0.426. The van der Waals surface area contributed by atoms with Crippen molar-refractivity contribution in [1.29, 1.82) is 0 Å². The number of hydrogen-bond acceptors (Lipinski definition) is 1. The van der Waals surface area contributed by atoms with E-state index in [-0.39, 0.29) is 0 Å². The van der Waals surface area contributed by atoms with Crippen molar-refractivity contribution in [3.8, 4) is 0 Å². The molecule has 0 aliphatic rings. The summed E-state index contributed by atoms with van der Waals surface area (Å²) in [4.78, 5) is 1.49. The summed E-state index contributed by atoms with van der Waals surface area (Å²) in [5.74, 6) is 0.433. The summed E-state index contributed by atoms with van der Waals surface area (Å²) in [6, 6.07) is 0. The third-order valence-corrected chi connectivity index (χ3v) is 2.30. The van der Waals surface area contributed by atoms with Crippen LogP contribution < -0.4 is 0 Å². The monoisotopic (exact) mass is 225 g/mol. The molecule has 0 aromatic heterocycles. The van der Waals surface area contributed by atoms with E-state index in [0.717, 1.165) is 6.42 Å². The maximum absolute atomic E-state index is 12.3. The number of halogens is 3. The molecule has 92 valence electrons. The van der Waals surface area contributed by atoms with Crippen LogP contribution in [-0.2, 0) is 0 Å². The fourth-order valence-corrected chi connectivity index (χ4v) is 1.28. The Kier molecular flexibility index (Phi) is 5.10. The van der Waals surface area contributed by atoms with Crippen molar-refractivity contribution in [2.24, 2.45) is 5.92 Å². The fourth-order valence-electron chi connectivity index (χ4n) is 1.28. The number of rotatable bonds is 4. The Hall–Kier alpha value is -0.250. The largest absolute Gasteiger partial charge is 0.401 e. The molecule has 0 amide bonds. The van der Waals surface area contributed by atoms with Gasteiger partial charge in [0, 0.05) is 5.54 Å². The van der Waals surface area contributed by atoms with Gasteiger partial charge in [-0.2, -0.15) is 13.2 Å². The summed E-state index contributed by atoms with van der Waals surface area (Å²) < 4.78 is 37.0. The quantitative estimate of drug-likeness (QED) is 0.705. The van der Waals surface area contributed by atoms with Gasteiger partial charge in [0.1, 0.15) is 0 Å². The maximum atomic E-state index is 12.3. The lowest BCUT2D eigenvalue weighted by Gasteiger charge is -2.36. The first-order chi connectivity index (χ1) is 6.52. The molecule has 0 fully saturated rings. The molecular weight excluding hydrogens is 203 g/mol. The Morgan fingerprint density at radius 2 is 1.53 bits per heavy atom. The number of nitrogens with zero attached hydrogens (tertiary/aromatic N) is 1. The van der Waals surface area contributed by atoms with Crippen LogP contribution in [0.15, 0.2) is 0 Å². The van der Waals surface area contributed by atoms with Crippen LogP contribution in [0.3, 0.4) is 0 Å². The van der Waals surface area contributed by atoms with Gasteiger partial charge in [-0.15, -0.1) is 0 Å². The molecule has 0 rings (SSSR count). The second kappa shape index (κ2) is 5.19. The third-order valence-electron chi connectivity index (χ3n) is 2.30. The SMILES string of the molecule is CC(C)CCN(CC(F)(F)F)C(C)(C)C. The fraction of sp³-hybridized carbons (Fsp3) is 1.00. The van der Waals surface area contributed by atoms with Gasteiger partial charge in [0.2, 0.25) is 0 Å². The van der Waals surface area contributed by atoms with Gasteiger partial charge in [-0.05, 0) is 39.7 Å². The van der Waals surface area contributed by atoms with E-state index < -0.39 is 18.3 Å². The first-order valence-corrected chi connectivity index (χ1v) is 5.34. The van der Waals surface area contributed by atoms with Gasteiger partial charge < -0.3 is 0 Å². The Bertz CT molecular complexity index is 179. The van der Waals surface area contributed by atoms with Crippen molar-refractivity contribution in [3.63, 3.8) is 0 Å². The van der Waals surface area contributed by atoms with Crippen molar-refractivity contribution in [2.45, 2.75) is 52.8 Å². The summed E-state index contributed by atoms with van der Waals surface area (Å²) in [5.41, 5.74) is -0.426. The van der Waals surface area contributed by atoms with Crippen LogP contribution >= 0.6 is 0 Å². The van der Waals surface area contributed by atoms with E-state index in [2.05, 4.69) is 0 Å². The van der Waals surface area contributed by atoms with Gasteiger partial charge >= 0.3 is 6.18 Å². The second-order valence-corrected chi connectivity index (χ2v) is 5.39. The Morgan fingerprint density at radius 1 is 1.07 bits per heavy atom. The van der Waals surface area contributed by atoms with Crippen molar-refractivity contribution < 1.29 is 13.2 Å². The van der Waals surface area contributed by atoms with E-state index >= 15 is 0 Å².